The van der Waals surface area contributed by atoms with Crippen LogP contribution in [0.5, 0.6) is 0 Å². The SMILES string of the molecule is CCC(NCCN1CCOCC1)C(=O)c1ccc(N)cc1. The van der Waals surface area contributed by atoms with Gasteiger partial charge in [0.05, 0.1) is 19.3 Å². The predicted molar refractivity (Wildman–Crippen MR) is 84.5 cm³/mol. The van der Waals surface area contributed by atoms with Crippen LogP contribution < -0.4 is 11.1 Å². The quantitative estimate of drug-likeness (QED) is 0.583. The van der Waals surface area contributed by atoms with E-state index in [0.29, 0.717) is 5.69 Å². The van der Waals surface area contributed by atoms with E-state index >= 15 is 0 Å². The summed E-state index contributed by atoms with van der Waals surface area (Å²) in [6.07, 6.45) is 0.784. The first kappa shape index (κ1) is 15.9. The number of nitrogens with two attached hydrogens (primary N) is 1. The number of ketones is 1. The van der Waals surface area contributed by atoms with Crippen molar-refractivity contribution < 1.29 is 9.53 Å². The molecular formula is C16H25N3O2. The summed E-state index contributed by atoms with van der Waals surface area (Å²) in [5.74, 6) is 0.138. The second-order valence-electron chi connectivity index (χ2n) is 5.36. The Bertz CT molecular complexity index is 441. The summed E-state index contributed by atoms with van der Waals surface area (Å²) in [5, 5.41) is 3.37. The Labute approximate surface area is 126 Å². The molecule has 3 N–H and O–H groups in total. The number of carbonyl (C=O) groups excluding carboxylic acids is 1. The largest absolute Gasteiger partial charge is 0.399 e. The molecule has 5 nitrogen and oxygen atoms in total. The Hall–Kier alpha value is -1.43. The van der Waals surface area contributed by atoms with Gasteiger partial charge in [0.15, 0.2) is 5.78 Å². The third-order valence-electron chi connectivity index (χ3n) is 3.84. The topological polar surface area (TPSA) is 67.6 Å². The molecule has 1 saturated heterocycles. The molecule has 1 aromatic rings. The predicted octanol–water partition coefficient (Wildman–Crippen LogP) is 1.15. The Morgan fingerprint density at radius 3 is 2.62 bits per heavy atom. The third-order valence-corrected chi connectivity index (χ3v) is 3.84. The van der Waals surface area contributed by atoms with Crippen molar-refractivity contribution in [3.63, 3.8) is 0 Å². The van der Waals surface area contributed by atoms with E-state index in [1.807, 2.05) is 6.92 Å². The molecule has 1 fully saturated rings. The summed E-state index contributed by atoms with van der Waals surface area (Å²) in [6.45, 7) is 7.37. The average molecular weight is 291 g/mol. The third kappa shape index (κ3) is 4.81. The number of carbonyl (C=O) groups is 1. The van der Waals surface area contributed by atoms with E-state index < -0.39 is 0 Å². The molecule has 1 aromatic carbocycles. The van der Waals surface area contributed by atoms with Gasteiger partial charge in [0.1, 0.15) is 0 Å². The number of Topliss-reactive ketones (excluding diaryl/α,β-unsaturated/α-hetero) is 1. The van der Waals surface area contributed by atoms with Crippen LogP contribution in [0.1, 0.15) is 23.7 Å². The van der Waals surface area contributed by atoms with E-state index in [4.69, 9.17) is 10.5 Å². The highest BCUT2D eigenvalue weighted by Crippen LogP contribution is 2.09. The molecule has 0 amide bonds. The van der Waals surface area contributed by atoms with Gasteiger partial charge in [-0.1, -0.05) is 6.92 Å². The van der Waals surface area contributed by atoms with Crippen molar-refractivity contribution >= 4 is 11.5 Å². The van der Waals surface area contributed by atoms with E-state index in [-0.39, 0.29) is 11.8 Å². The lowest BCUT2D eigenvalue weighted by Crippen LogP contribution is -2.44. The zero-order valence-electron chi connectivity index (χ0n) is 12.7. The van der Waals surface area contributed by atoms with Crippen molar-refractivity contribution in [1.29, 1.82) is 0 Å². The van der Waals surface area contributed by atoms with Gasteiger partial charge in [-0.15, -0.1) is 0 Å². The lowest BCUT2D eigenvalue weighted by atomic mass is 10.0. The lowest BCUT2D eigenvalue weighted by Gasteiger charge is -2.27. The molecule has 0 aromatic heterocycles. The fourth-order valence-corrected chi connectivity index (χ4v) is 2.49. The fraction of sp³-hybridized carbons (Fsp3) is 0.562. The first-order chi connectivity index (χ1) is 10.2. The Kier molecular flexibility index (Phi) is 6.17. The van der Waals surface area contributed by atoms with Crippen molar-refractivity contribution in [2.75, 3.05) is 45.1 Å². The minimum absolute atomic E-state index is 0.130. The van der Waals surface area contributed by atoms with Crippen LogP contribution in [0.15, 0.2) is 24.3 Å². The van der Waals surface area contributed by atoms with Gasteiger partial charge in [-0.3, -0.25) is 9.69 Å². The zero-order chi connectivity index (χ0) is 15.1. The average Bonchev–Trinajstić information content (AvgIpc) is 2.53. The van der Waals surface area contributed by atoms with Crippen LogP contribution in [0.25, 0.3) is 0 Å². The van der Waals surface area contributed by atoms with Crippen LogP contribution in [-0.2, 0) is 4.74 Å². The number of hydrogen-bond acceptors (Lipinski definition) is 5. The molecule has 0 radical (unpaired) electrons. The lowest BCUT2D eigenvalue weighted by molar-refractivity contribution is 0.0380. The monoisotopic (exact) mass is 291 g/mol. The van der Waals surface area contributed by atoms with E-state index in [2.05, 4.69) is 10.2 Å². The molecule has 116 valence electrons. The maximum absolute atomic E-state index is 12.4. The van der Waals surface area contributed by atoms with Crippen LogP contribution in [0, 0.1) is 0 Å². The number of ether oxygens (including phenoxy) is 1. The molecule has 1 unspecified atom stereocenters. The van der Waals surface area contributed by atoms with Gasteiger partial charge in [-0.2, -0.15) is 0 Å². The summed E-state index contributed by atoms with van der Waals surface area (Å²) >= 11 is 0. The number of nitrogen functional groups attached to an aromatic ring is 1. The first-order valence-electron chi connectivity index (χ1n) is 7.64. The van der Waals surface area contributed by atoms with Crippen molar-refractivity contribution in [1.82, 2.24) is 10.2 Å². The van der Waals surface area contributed by atoms with Gasteiger partial charge in [0.2, 0.25) is 0 Å². The highest BCUT2D eigenvalue weighted by atomic mass is 16.5. The van der Waals surface area contributed by atoms with Crippen molar-refractivity contribution in [2.24, 2.45) is 0 Å². The van der Waals surface area contributed by atoms with Gasteiger partial charge in [-0.05, 0) is 30.7 Å². The van der Waals surface area contributed by atoms with Gasteiger partial charge >= 0.3 is 0 Å². The molecule has 0 bridgehead atoms. The normalized spacial score (nSPS) is 17.6. The minimum atomic E-state index is -0.130. The molecule has 2 rings (SSSR count). The molecular weight excluding hydrogens is 266 g/mol. The Morgan fingerprint density at radius 1 is 1.33 bits per heavy atom. The first-order valence-corrected chi connectivity index (χ1v) is 7.64. The number of benzene rings is 1. The molecule has 21 heavy (non-hydrogen) atoms. The minimum Gasteiger partial charge on any atom is -0.399 e. The molecule has 1 heterocycles. The molecule has 1 aliphatic rings. The van der Waals surface area contributed by atoms with E-state index in [0.717, 1.165) is 51.4 Å². The van der Waals surface area contributed by atoms with Gasteiger partial charge in [0.25, 0.3) is 0 Å². The zero-order valence-corrected chi connectivity index (χ0v) is 12.7. The summed E-state index contributed by atoms with van der Waals surface area (Å²) in [5.41, 5.74) is 7.05. The fourth-order valence-electron chi connectivity index (χ4n) is 2.49. The number of morpholine rings is 1. The maximum atomic E-state index is 12.4. The molecule has 0 spiro atoms. The van der Waals surface area contributed by atoms with Crippen LogP contribution in [0.4, 0.5) is 5.69 Å². The standard InChI is InChI=1S/C16H25N3O2/c1-2-15(16(20)13-3-5-14(17)6-4-13)18-7-8-19-9-11-21-12-10-19/h3-6,15,18H,2,7-12,17H2,1H3. The Balaban J connectivity index is 1.81. The summed E-state index contributed by atoms with van der Waals surface area (Å²) in [4.78, 5) is 14.8. The highest BCUT2D eigenvalue weighted by Gasteiger charge is 2.18. The number of nitrogens with zero attached hydrogens (tertiary/aromatic N) is 1. The van der Waals surface area contributed by atoms with Gasteiger partial charge in [0, 0.05) is 37.4 Å². The number of hydrogen-bond donors (Lipinski definition) is 2. The van der Waals surface area contributed by atoms with Crippen LogP contribution >= 0.6 is 0 Å². The second-order valence-corrected chi connectivity index (χ2v) is 5.36. The highest BCUT2D eigenvalue weighted by molar-refractivity contribution is 6.00. The smallest absolute Gasteiger partial charge is 0.179 e. The molecule has 0 aliphatic carbocycles. The van der Waals surface area contributed by atoms with Crippen molar-refractivity contribution in [2.45, 2.75) is 19.4 Å². The van der Waals surface area contributed by atoms with Crippen molar-refractivity contribution in [3.8, 4) is 0 Å². The molecule has 5 heteroatoms. The van der Waals surface area contributed by atoms with Crippen LogP contribution in [0.3, 0.4) is 0 Å². The van der Waals surface area contributed by atoms with E-state index in [1.165, 1.54) is 0 Å². The molecule has 1 aliphatic heterocycles. The van der Waals surface area contributed by atoms with Gasteiger partial charge in [-0.25, -0.2) is 0 Å². The van der Waals surface area contributed by atoms with Crippen LogP contribution in [0.2, 0.25) is 0 Å². The molecule has 1 atom stereocenters. The Morgan fingerprint density at radius 2 is 2.00 bits per heavy atom. The van der Waals surface area contributed by atoms with Crippen molar-refractivity contribution in [3.05, 3.63) is 29.8 Å². The van der Waals surface area contributed by atoms with E-state index in [9.17, 15) is 4.79 Å². The van der Waals surface area contributed by atoms with Crippen LogP contribution in [-0.4, -0.2) is 56.1 Å². The second kappa shape index (κ2) is 8.12. The maximum Gasteiger partial charge on any atom is 0.179 e. The molecule has 0 saturated carbocycles. The van der Waals surface area contributed by atoms with Gasteiger partial charge < -0.3 is 15.8 Å². The summed E-state index contributed by atoms with van der Waals surface area (Å²) in [7, 11) is 0. The van der Waals surface area contributed by atoms with E-state index in [1.54, 1.807) is 24.3 Å². The summed E-state index contributed by atoms with van der Waals surface area (Å²) < 4.78 is 5.33. The summed E-state index contributed by atoms with van der Waals surface area (Å²) in [6, 6.07) is 7.00. The number of anilines is 1. The number of nitrogens with one attached hydrogen (secondary N) is 1. The number of rotatable bonds is 7.